The van der Waals surface area contributed by atoms with E-state index in [2.05, 4.69) is 36.5 Å². The normalized spacial score (nSPS) is 20.8. The number of rotatable bonds is 4. The lowest BCUT2D eigenvalue weighted by molar-refractivity contribution is -0.131. The third kappa shape index (κ3) is 3.77. The van der Waals surface area contributed by atoms with Crippen LogP contribution in [0.2, 0.25) is 0 Å². The zero-order chi connectivity index (χ0) is 17.0. The van der Waals surface area contributed by atoms with Gasteiger partial charge < -0.3 is 5.32 Å². The van der Waals surface area contributed by atoms with E-state index in [4.69, 9.17) is 0 Å². The molecule has 1 heterocycles. The number of carbonyl (C=O) groups is 2. The average Bonchev–Trinajstić information content (AvgIpc) is 2.78. The summed E-state index contributed by atoms with van der Waals surface area (Å²) in [5.41, 5.74) is 0.617. The first-order valence-electron chi connectivity index (χ1n) is 8.94. The molecule has 0 unspecified atom stereocenters. The molecule has 4 nitrogen and oxygen atoms in total. The minimum atomic E-state index is -0.619. The van der Waals surface area contributed by atoms with Crippen molar-refractivity contribution < 1.29 is 9.59 Å². The lowest BCUT2D eigenvalue weighted by atomic mass is 9.84. The number of thioether (sulfide) groups is 1. The Morgan fingerprint density at radius 3 is 2.33 bits per heavy atom. The van der Waals surface area contributed by atoms with E-state index < -0.39 is 5.54 Å². The van der Waals surface area contributed by atoms with Crippen molar-refractivity contribution in [2.75, 3.05) is 12.3 Å². The van der Waals surface area contributed by atoms with Gasteiger partial charge in [-0.1, -0.05) is 49.8 Å². The first-order valence-corrected chi connectivity index (χ1v) is 9.93. The Labute approximate surface area is 148 Å². The Morgan fingerprint density at radius 1 is 1.04 bits per heavy atom. The highest BCUT2D eigenvalue weighted by Crippen LogP contribution is 2.32. The lowest BCUT2D eigenvalue weighted by Gasteiger charge is -2.28. The quantitative estimate of drug-likeness (QED) is 0.659. The third-order valence-electron chi connectivity index (χ3n) is 5.06. The van der Waals surface area contributed by atoms with Gasteiger partial charge in [0.2, 0.25) is 0 Å². The van der Waals surface area contributed by atoms with E-state index in [0.717, 1.165) is 44.3 Å². The topological polar surface area (TPSA) is 49.4 Å². The van der Waals surface area contributed by atoms with Crippen LogP contribution >= 0.6 is 11.8 Å². The number of carbonyl (C=O) groups excluding carboxylic acids is 2. The summed E-state index contributed by atoms with van der Waals surface area (Å²) in [4.78, 5) is 27.8. The van der Waals surface area contributed by atoms with Gasteiger partial charge in [-0.15, -0.1) is 11.8 Å². The number of imide groups is 1. The van der Waals surface area contributed by atoms with E-state index in [1.54, 1.807) is 11.8 Å². The maximum absolute atomic E-state index is 12.9. The molecule has 24 heavy (non-hydrogen) atoms. The molecule has 2 aliphatic rings. The number of nitrogens with one attached hydrogen (secondary N) is 1. The largest absolute Gasteiger partial charge is 0.325 e. The van der Waals surface area contributed by atoms with Gasteiger partial charge in [0.05, 0.1) is 0 Å². The molecule has 1 spiro atoms. The van der Waals surface area contributed by atoms with Crippen LogP contribution in [0.1, 0.15) is 50.5 Å². The maximum Gasteiger partial charge on any atom is 0.325 e. The van der Waals surface area contributed by atoms with E-state index in [9.17, 15) is 9.59 Å². The highest BCUT2D eigenvalue weighted by Gasteiger charge is 2.50. The minimum absolute atomic E-state index is 0.00101. The number of aryl methyl sites for hydroxylation is 1. The number of amides is 3. The molecule has 130 valence electrons. The van der Waals surface area contributed by atoms with Gasteiger partial charge in [-0.25, -0.2) is 4.79 Å². The maximum atomic E-state index is 12.9. The second-order valence-electron chi connectivity index (χ2n) is 6.90. The molecule has 3 amide bonds. The van der Waals surface area contributed by atoms with Gasteiger partial charge in [-0.2, -0.15) is 0 Å². The zero-order valence-electron chi connectivity index (χ0n) is 14.3. The summed E-state index contributed by atoms with van der Waals surface area (Å²) in [5, 5.41) is 3.02. The van der Waals surface area contributed by atoms with Gasteiger partial charge in [0, 0.05) is 17.2 Å². The minimum Gasteiger partial charge on any atom is -0.323 e. The number of benzene rings is 1. The van der Waals surface area contributed by atoms with E-state index in [1.165, 1.54) is 21.8 Å². The molecule has 1 saturated carbocycles. The van der Waals surface area contributed by atoms with Crippen molar-refractivity contribution in [3.05, 3.63) is 29.8 Å². The van der Waals surface area contributed by atoms with Crippen LogP contribution in [0.5, 0.6) is 0 Å². The Balaban J connectivity index is 1.58. The van der Waals surface area contributed by atoms with Crippen LogP contribution in [-0.2, 0) is 4.79 Å². The summed E-state index contributed by atoms with van der Waals surface area (Å²) in [5.74, 6) is 0.733. The van der Waals surface area contributed by atoms with E-state index in [-0.39, 0.29) is 11.9 Å². The summed E-state index contributed by atoms with van der Waals surface area (Å²) in [6, 6.07) is 8.13. The molecule has 1 aliphatic carbocycles. The first-order chi connectivity index (χ1) is 11.6. The van der Waals surface area contributed by atoms with Crippen molar-refractivity contribution in [1.82, 2.24) is 10.2 Å². The van der Waals surface area contributed by atoms with Crippen molar-refractivity contribution >= 4 is 23.7 Å². The van der Waals surface area contributed by atoms with Gasteiger partial charge >= 0.3 is 6.03 Å². The molecule has 0 aromatic heterocycles. The predicted octanol–water partition coefficient (Wildman–Crippen LogP) is 4.12. The second kappa shape index (κ2) is 7.60. The summed E-state index contributed by atoms with van der Waals surface area (Å²) in [7, 11) is 0. The van der Waals surface area contributed by atoms with E-state index >= 15 is 0 Å². The molecule has 1 aliphatic heterocycles. The smallest absolute Gasteiger partial charge is 0.323 e. The fraction of sp³-hybridized carbons (Fsp3) is 0.579. The average molecular weight is 346 g/mol. The third-order valence-corrected chi connectivity index (χ3v) is 6.05. The molecular formula is C19H26N2O2S. The number of hydrogen-bond donors (Lipinski definition) is 1. The van der Waals surface area contributed by atoms with Crippen LogP contribution in [0, 0.1) is 6.92 Å². The summed E-state index contributed by atoms with van der Waals surface area (Å²) < 4.78 is 0. The number of urea groups is 1. The first kappa shape index (κ1) is 17.3. The van der Waals surface area contributed by atoms with Crippen LogP contribution < -0.4 is 5.32 Å². The molecule has 0 atom stereocenters. The van der Waals surface area contributed by atoms with E-state index in [1.807, 2.05) is 0 Å². The van der Waals surface area contributed by atoms with Gasteiger partial charge in [0.15, 0.2) is 0 Å². The van der Waals surface area contributed by atoms with Gasteiger partial charge in [0.25, 0.3) is 5.91 Å². The van der Waals surface area contributed by atoms with E-state index in [0.29, 0.717) is 6.54 Å². The standard InChI is InChI=1S/C19H26N2O2S/c1-15-7-9-16(10-8-15)24-14-13-21-17(22)19(20-18(21)23)11-5-3-2-4-6-12-19/h7-10H,2-6,11-14H2,1H3,(H,20,23). The predicted molar refractivity (Wildman–Crippen MR) is 97.2 cm³/mol. The molecule has 2 fully saturated rings. The Kier molecular flexibility index (Phi) is 5.49. The highest BCUT2D eigenvalue weighted by atomic mass is 32.2. The lowest BCUT2D eigenvalue weighted by Crippen LogP contribution is -2.47. The van der Waals surface area contributed by atoms with Gasteiger partial charge in [-0.05, 0) is 31.9 Å². The molecule has 1 aromatic carbocycles. The Bertz CT molecular complexity index is 592. The van der Waals surface area contributed by atoms with Crippen LogP contribution in [0.15, 0.2) is 29.2 Å². The number of hydrogen-bond acceptors (Lipinski definition) is 3. The van der Waals surface area contributed by atoms with Gasteiger partial charge in [0.1, 0.15) is 5.54 Å². The summed E-state index contributed by atoms with van der Waals surface area (Å²) in [6.07, 6.45) is 7.20. The van der Waals surface area contributed by atoms with Crippen molar-refractivity contribution in [2.24, 2.45) is 0 Å². The van der Waals surface area contributed by atoms with Gasteiger partial charge in [-0.3, -0.25) is 9.69 Å². The van der Waals surface area contributed by atoms with Crippen LogP contribution in [-0.4, -0.2) is 34.7 Å². The van der Waals surface area contributed by atoms with Crippen LogP contribution in [0.25, 0.3) is 0 Å². The van der Waals surface area contributed by atoms with Crippen molar-refractivity contribution in [2.45, 2.75) is 62.3 Å². The molecule has 1 N–H and O–H groups in total. The van der Waals surface area contributed by atoms with Crippen LogP contribution in [0.3, 0.4) is 0 Å². The fourth-order valence-electron chi connectivity index (χ4n) is 3.62. The molecule has 1 saturated heterocycles. The molecule has 0 radical (unpaired) electrons. The molecule has 5 heteroatoms. The monoisotopic (exact) mass is 346 g/mol. The second-order valence-corrected chi connectivity index (χ2v) is 8.07. The molecule has 0 bridgehead atoms. The number of nitrogens with zero attached hydrogens (tertiary/aromatic N) is 1. The molecular weight excluding hydrogens is 320 g/mol. The van der Waals surface area contributed by atoms with Crippen molar-refractivity contribution in [3.63, 3.8) is 0 Å². The highest BCUT2D eigenvalue weighted by molar-refractivity contribution is 7.99. The zero-order valence-corrected chi connectivity index (χ0v) is 15.2. The SMILES string of the molecule is Cc1ccc(SCCN2C(=O)NC3(CCCCCCC3)C2=O)cc1. The Morgan fingerprint density at radius 2 is 1.67 bits per heavy atom. The Hall–Kier alpha value is -1.49. The molecule has 3 rings (SSSR count). The van der Waals surface area contributed by atoms with Crippen molar-refractivity contribution in [3.8, 4) is 0 Å². The summed E-state index contributed by atoms with van der Waals surface area (Å²) >= 11 is 1.69. The fourth-order valence-corrected chi connectivity index (χ4v) is 4.45. The van der Waals surface area contributed by atoms with Crippen molar-refractivity contribution in [1.29, 1.82) is 0 Å². The summed E-state index contributed by atoms with van der Waals surface area (Å²) in [6.45, 7) is 2.54. The molecule has 1 aromatic rings. The van der Waals surface area contributed by atoms with Crippen LogP contribution in [0.4, 0.5) is 4.79 Å².